The van der Waals surface area contributed by atoms with Gasteiger partial charge in [-0.05, 0) is 33.6 Å². The minimum Gasteiger partial charge on any atom is -0.444 e. The van der Waals surface area contributed by atoms with Gasteiger partial charge in [0.25, 0.3) is 5.91 Å². The lowest BCUT2D eigenvalue weighted by Gasteiger charge is -2.32. The first-order valence-electron chi connectivity index (χ1n) is 8.12. The van der Waals surface area contributed by atoms with Crippen molar-refractivity contribution in [3.8, 4) is 0 Å². The summed E-state index contributed by atoms with van der Waals surface area (Å²) in [5.41, 5.74) is -0.0249. The normalized spacial score (nSPS) is 15.9. The molecule has 1 aliphatic rings. The maximum absolute atomic E-state index is 12.1. The van der Waals surface area contributed by atoms with Gasteiger partial charge in [-0.1, -0.05) is 6.08 Å². The van der Waals surface area contributed by atoms with Crippen LogP contribution in [-0.2, 0) is 4.74 Å². The highest BCUT2D eigenvalue weighted by molar-refractivity contribution is 7.09. The van der Waals surface area contributed by atoms with Crippen LogP contribution in [0.3, 0.4) is 0 Å². The van der Waals surface area contributed by atoms with Crippen molar-refractivity contribution < 1.29 is 14.3 Å². The van der Waals surface area contributed by atoms with E-state index in [1.807, 2.05) is 20.8 Å². The standard InChI is InChI=1S/C17H25N3O3S/c1-5-8-18-14(21)13-11-24-15(19-13)12-6-9-20(10-7-12)16(22)23-17(2,3)4/h5,11-12H,1,6-10H2,2-4H3,(H,18,21). The summed E-state index contributed by atoms with van der Waals surface area (Å²) in [5, 5.41) is 5.47. The summed E-state index contributed by atoms with van der Waals surface area (Å²) in [7, 11) is 0. The molecule has 0 atom stereocenters. The molecular weight excluding hydrogens is 326 g/mol. The van der Waals surface area contributed by atoms with Crippen LogP contribution in [0, 0.1) is 0 Å². The van der Waals surface area contributed by atoms with E-state index in [2.05, 4.69) is 16.9 Å². The number of ether oxygens (including phenoxy) is 1. The number of hydrogen-bond acceptors (Lipinski definition) is 5. The number of nitrogens with zero attached hydrogens (tertiary/aromatic N) is 2. The van der Waals surface area contributed by atoms with Crippen molar-refractivity contribution >= 4 is 23.3 Å². The number of amides is 2. The Morgan fingerprint density at radius 3 is 2.71 bits per heavy atom. The summed E-state index contributed by atoms with van der Waals surface area (Å²) < 4.78 is 5.40. The molecule has 2 rings (SSSR count). The minimum atomic E-state index is -0.475. The van der Waals surface area contributed by atoms with Gasteiger partial charge < -0.3 is 15.0 Å². The molecule has 0 radical (unpaired) electrons. The van der Waals surface area contributed by atoms with Crippen molar-refractivity contribution in [1.29, 1.82) is 0 Å². The number of piperidine rings is 1. The van der Waals surface area contributed by atoms with Gasteiger partial charge in [-0.25, -0.2) is 9.78 Å². The molecule has 1 N–H and O–H groups in total. The molecule has 1 aromatic rings. The van der Waals surface area contributed by atoms with Gasteiger partial charge in [-0.15, -0.1) is 17.9 Å². The Morgan fingerprint density at radius 1 is 1.46 bits per heavy atom. The van der Waals surface area contributed by atoms with E-state index < -0.39 is 5.60 Å². The summed E-state index contributed by atoms with van der Waals surface area (Å²) in [6, 6.07) is 0. The van der Waals surface area contributed by atoms with Crippen LogP contribution in [0.15, 0.2) is 18.0 Å². The molecule has 24 heavy (non-hydrogen) atoms. The molecule has 1 saturated heterocycles. The van der Waals surface area contributed by atoms with Crippen molar-refractivity contribution in [2.75, 3.05) is 19.6 Å². The minimum absolute atomic E-state index is 0.177. The van der Waals surface area contributed by atoms with Gasteiger partial charge in [0, 0.05) is 30.9 Å². The predicted octanol–water partition coefficient (Wildman–Crippen LogP) is 3.17. The third-order valence-corrected chi connectivity index (χ3v) is 4.66. The zero-order chi connectivity index (χ0) is 17.7. The summed E-state index contributed by atoms with van der Waals surface area (Å²) in [4.78, 5) is 30.2. The smallest absolute Gasteiger partial charge is 0.410 e. The molecule has 0 bridgehead atoms. The van der Waals surface area contributed by atoms with Gasteiger partial charge in [0.05, 0.1) is 5.01 Å². The molecule has 0 spiro atoms. The van der Waals surface area contributed by atoms with E-state index in [1.54, 1.807) is 16.4 Å². The van der Waals surface area contributed by atoms with Crippen LogP contribution < -0.4 is 5.32 Å². The zero-order valence-corrected chi connectivity index (χ0v) is 15.3. The van der Waals surface area contributed by atoms with E-state index in [0.29, 0.717) is 25.3 Å². The van der Waals surface area contributed by atoms with E-state index in [-0.39, 0.29) is 17.9 Å². The van der Waals surface area contributed by atoms with Crippen LogP contribution >= 0.6 is 11.3 Å². The van der Waals surface area contributed by atoms with Crippen LogP contribution in [0.4, 0.5) is 4.79 Å². The first kappa shape index (κ1) is 18.4. The molecule has 6 nitrogen and oxygen atoms in total. The van der Waals surface area contributed by atoms with Crippen molar-refractivity contribution in [2.24, 2.45) is 0 Å². The van der Waals surface area contributed by atoms with Crippen molar-refractivity contribution in [1.82, 2.24) is 15.2 Å². The second kappa shape index (κ2) is 7.79. The molecular formula is C17H25N3O3S. The third kappa shape index (κ3) is 5.06. The van der Waals surface area contributed by atoms with Gasteiger partial charge in [0.1, 0.15) is 11.3 Å². The van der Waals surface area contributed by atoms with Crippen LogP contribution in [0.25, 0.3) is 0 Å². The van der Waals surface area contributed by atoms with Gasteiger partial charge in [0.15, 0.2) is 0 Å². The van der Waals surface area contributed by atoms with Gasteiger partial charge in [-0.2, -0.15) is 0 Å². The maximum Gasteiger partial charge on any atom is 0.410 e. The second-order valence-corrected chi connectivity index (χ2v) is 7.70. The average Bonchev–Trinajstić information content (AvgIpc) is 3.01. The molecule has 2 amide bonds. The fraction of sp³-hybridized carbons (Fsp3) is 0.588. The summed E-state index contributed by atoms with van der Waals surface area (Å²) in [6.45, 7) is 10.9. The first-order valence-corrected chi connectivity index (χ1v) is 9.00. The second-order valence-electron chi connectivity index (χ2n) is 6.81. The number of carbonyl (C=O) groups excluding carboxylic acids is 2. The lowest BCUT2D eigenvalue weighted by Crippen LogP contribution is -2.41. The monoisotopic (exact) mass is 351 g/mol. The fourth-order valence-corrected chi connectivity index (χ4v) is 3.44. The highest BCUT2D eigenvalue weighted by Crippen LogP contribution is 2.30. The number of hydrogen-bond donors (Lipinski definition) is 1. The Balaban J connectivity index is 1.88. The Hall–Kier alpha value is -1.89. The maximum atomic E-state index is 12.1. The van der Waals surface area contributed by atoms with E-state index in [4.69, 9.17) is 4.74 Å². The molecule has 1 aliphatic heterocycles. The topological polar surface area (TPSA) is 71.5 Å². The van der Waals surface area contributed by atoms with Crippen molar-refractivity contribution in [2.45, 2.75) is 45.1 Å². The van der Waals surface area contributed by atoms with Gasteiger partial charge in [0.2, 0.25) is 0 Å². The fourth-order valence-electron chi connectivity index (χ4n) is 2.47. The molecule has 1 aromatic heterocycles. The Bertz CT molecular complexity index is 598. The number of nitrogens with one attached hydrogen (secondary N) is 1. The van der Waals surface area contributed by atoms with Crippen LogP contribution in [0.2, 0.25) is 0 Å². The predicted molar refractivity (Wildman–Crippen MR) is 94.4 cm³/mol. The third-order valence-electron chi connectivity index (χ3n) is 3.66. The highest BCUT2D eigenvalue weighted by atomic mass is 32.1. The molecule has 1 fully saturated rings. The number of thiazole rings is 1. The molecule has 0 aliphatic carbocycles. The van der Waals surface area contributed by atoms with E-state index >= 15 is 0 Å². The van der Waals surface area contributed by atoms with Gasteiger partial charge in [-0.3, -0.25) is 4.79 Å². The molecule has 0 saturated carbocycles. The molecule has 132 valence electrons. The van der Waals surface area contributed by atoms with Crippen LogP contribution in [0.5, 0.6) is 0 Å². The van der Waals surface area contributed by atoms with Crippen molar-refractivity contribution in [3.63, 3.8) is 0 Å². The first-order chi connectivity index (χ1) is 11.3. The summed E-state index contributed by atoms with van der Waals surface area (Å²) in [5.74, 6) is 0.109. The summed E-state index contributed by atoms with van der Waals surface area (Å²) in [6.07, 6.45) is 3.04. The van der Waals surface area contributed by atoms with Crippen molar-refractivity contribution in [3.05, 3.63) is 28.7 Å². The van der Waals surface area contributed by atoms with Crippen LogP contribution in [-0.4, -0.2) is 47.1 Å². The number of likely N-dealkylation sites (tertiary alicyclic amines) is 1. The largest absolute Gasteiger partial charge is 0.444 e. The van der Waals surface area contributed by atoms with E-state index in [1.165, 1.54) is 11.3 Å². The van der Waals surface area contributed by atoms with E-state index in [0.717, 1.165) is 17.8 Å². The molecule has 0 unspecified atom stereocenters. The summed E-state index contributed by atoms with van der Waals surface area (Å²) >= 11 is 1.51. The van der Waals surface area contributed by atoms with Crippen LogP contribution in [0.1, 0.15) is 55.0 Å². The number of carbonyl (C=O) groups is 2. The lowest BCUT2D eigenvalue weighted by atomic mass is 9.98. The SMILES string of the molecule is C=CCNC(=O)c1csc(C2CCN(C(=O)OC(C)(C)C)CC2)n1. The van der Waals surface area contributed by atoms with Gasteiger partial charge >= 0.3 is 6.09 Å². The van der Waals surface area contributed by atoms with E-state index in [9.17, 15) is 9.59 Å². The Labute approximate surface area is 146 Å². The highest BCUT2D eigenvalue weighted by Gasteiger charge is 2.29. The molecule has 7 heteroatoms. The average molecular weight is 351 g/mol. The Kier molecular flexibility index (Phi) is 5.99. The number of aromatic nitrogens is 1. The number of rotatable bonds is 4. The molecule has 2 heterocycles. The lowest BCUT2D eigenvalue weighted by molar-refractivity contribution is 0.0205. The quantitative estimate of drug-likeness (QED) is 0.846. The Morgan fingerprint density at radius 2 is 2.12 bits per heavy atom. The zero-order valence-electron chi connectivity index (χ0n) is 14.5. The molecule has 0 aromatic carbocycles.